The number of amides is 1. The standard InChI is InChI=1S/C16H22N2O3/c1-11-4-5-17-13(8-11)16(19)18-10-12-2-3-14-15(9-12)21-7-6-20-14/h2-3,9,11,13,17H,4-8,10H2,1H3,(H,18,19). The van der Waals surface area contributed by atoms with Crippen LogP contribution in [0.25, 0.3) is 0 Å². The highest BCUT2D eigenvalue weighted by Gasteiger charge is 2.24. The van der Waals surface area contributed by atoms with Crippen molar-refractivity contribution in [3.63, 3.8) is 0 Å². The summed E-state index contributed by atoms with van der Waals surface area (Å²) in [5, 5.41) is 6.28. The van der Waals surface area contributed by atoms with E-state index in [9.17, 15) is 4.79 Å². The number of hydrogen-bond donors (Lipinski definition) is 2. The van der Waals surface area contributed by atoms with E-state index >= 15 is 0 Å². The first-order valence-corrected chi connectivity index (χ1v) is 7.62. The Morgan fingerprint density at radius 1 is 1.33 bits per heavy atom. The number of carbonyl (C=O) groups is 1. The smallest absolute Gasteiger partial charge is 0.237 e. The van der Waals surface area contributed by atoms with Crippen LogP contribution in [-0.2, 0) is 11.3 Å². The fourth-order valence-corrected chi connectivity index (χ4v) is 2.82. The molecule has 0 saturated carbocycles. The maximum atomic E-state index is 12.2. The highest BCUT2D eigenvalue weighted by Crippen LogP contribution is 2.30. The third-order valence-corrected chi connectivity index (χ3v) is 4.06. The summed E-state index contributed by atoms with van der Waals surface area (Å²) < 4.78 is 11.0. The maximum Gasteiger partial charge on any atom is 0.237 e. The lowest BCUT2D eigenvalue weighted by atomic mass is 9.94. The molecule has 21 heavy (non-hydrogen) atoms. The highest BCUT2D eigenvalue weighted by atomic mass is 16.6. The highest BCUT2D eigenvalue weighted by molar-refractivity contribution is 5.81. The summed E-state index contributed by atoms with van der Waals surface area (Å²) in [5.41, 5.74) is 1.02. The van der Waals surface area contributed by atoms with Crippen LogP contribution in [0.3, 0.4) is 0 Å². The number of fused-ring (bicyclic) bond motifs is 1. The molecule has 2 aliphatic heterocycles. The number of carbonyl (C=O) groups excluding carboxylic acids is 1. The van der Waals surface area contributed by atoms with Gasteiger partial charge in [-0.05, 0) is 43.0 Å². The van der Waals surface area contributed by atoms with E-state index in [-0.39, 0.29) is 11.9 Å². The van der Waals surface area contributed by atoms with Crippen molar-refractivity contribution in [1.82, 2.24) is 10.6 Å². The molecular weight excluding hydrogens is 268 g/mol. The van der Waals surface area contributed by atoms with Crippen molar-refractivity contribution in [2.24, 2.45) is 5.92 Å². The van der Waals surface area contributed by atoms with Gasteiger partial charge >= 0.3 is 0 Å². The quantitative estimate of drug-likeness (QED) is 0.885. The molecule has 1 aromatic carbocycles. The van der Waals surface area contributed by atoms with E-state index in [1.807, 2.05) is 18.2 Å². The zero-order chi connectivity index (χ0) is 14.7. The van der Waals surface area contributed by atoms with Gasteiger partial charge in [-0.25, -0.2) is 0 Å². The van der Waals surface area contributed by atoms with E-state index in [1.54, 1.807) is 0 Å². The molecule has 2 aliphatic rings. The Labute approximate surface area is 125 Å². The monoisotopic (exact) mass is 290 g/mol. The maximum absolute atomic E-state index is 12.2. The molecule has 0 aromatic heterocycles. The summed E-state index contributed by atoms with van der Waals surface area (Å²) in [6.07, 6.45) is 2.05. The van der Waals surface area contributed by atoms with Gasteiger partial charge in [0.25, 0.3) is 0 Å². The molecule has 0 aliphatic carbocycles. The van der Waals surface area contributed by atoms with Crippen LogP contribution in [0.2, 0.25) is 0 Å². The van der Waals surface area contributed by atoms with Gasteiger partial charge in [0.2, 0.25) is 5.91 Å². The molecule has 5 nitrogen and oxygen atoms in total. The van der Waals surface area contributed by atoms with Crippen LogP contribution >= 0.6 is 0 Å². The largest absolute Gasteiger partial charge is 0.486 e. The third-order valence-electron chi connectivity index (χ3n) is 4.06. The first-order chi connectivity index (χ1) is 10.2. The number of piperidine rings is 1. The normalized spacial score (nSPS) is 24.4. The van der Waals surface area contributed by atoms with Crippen molar-refractivity contribution in [2.45, 2.75) is 32.4 Å². The number of hydrogen-bond acceptors (Lipinski definition) is 4. The van der Waals surface area contributed by atoms with Crippen molar-refractivity contribution in [3.8, 4) is 11.5 Å². The van der Waals surface area contributed by atoms with E-state index in [0.29, 0.717) is 25.7 Å². The SMILES string of the molecule is CC1CCNC(C(=O)NCc2ccc3c(c2)OCCO3)C1. The summed E-state index contributed by atoms with van der Waals surface area (Å²) >= 11 is 0. The molecule has 114 valence electrons. The fourth-order valence-electron chi connectivity index (χ4n) is 2.82. The number of benzene rings is 1. The van der Waals surface area contributed by atoms with Gasteiger partial charge in [0.05, 0.1) is 6.04 Å². The van der Waals surface area contributed by atoms with E-state index in [1.165, 1.54) is 0 Å². The molecule has 2 heterocycles. The molecule has 2 unspecified atom stereocenters. The van der Waals surface area contributed by atoms with Crippen molar-refractivity contribution in [1.29, 1.82) is 0 Å². The number of nitrogens with one attached hydrogen (secondary N) is 2. The molecule has 2 N–H and O–H groups in total. The molecule has 1 amide bonds. The Kier molecular flexibility index (Phi) is 4.29. The molecule has 1 aromatic rings. The topological polar surface area (TPSA) is 59.6 Å². The Morgan fingerprint density at radius 3 is 2.95 bits per heavy atom. The van der Waals surface area contributed by atoms with Gasteiger partial charge in [0, 0.05) is 6.54 Å². The number of rotatable bonds is 3. The predicted molar refractivity (Wildman–Crippen MR) is 79.5 cm³/mol. The average Bonchev–Trinajstić information content (AvgIpc) is 2.52. The van der Waals surface area contributed by atoms with Gasteiger partial charge in [0.15, 0.2) is 11.5 Å². The summed E-state index contributed by atoms with van der Waals surface area (Å²) in [7, 11) is 0. The molecule has 0 bridgehead atoms. The molecule has 3 rings (SSSR count). The molecule has 1 saturated heterocycles. The summed E-state index contributed by atoms with van der Waals surface area (Å²) in [6.45, 7) is 4.80. The second-order valence-corrected chi connectivity index (χ2v) is 5.83. The molecule has 1 fully saturated rings. The fraction of sp³-hybridized carbons (Fsp3) is 0.562. The van der Waals surface area contributed by atoms with Crippen LogP contribution < -0.4 is 20.1 Å². The van der Waals surface area contributed by atoms with E-state index in [4.69, 9.17) is 9.47 Å². The van der Waals surface area contributed by atoms with Gasteiger partial charge in [-0.15, -0.1) is 0 Å². The summed E-state index contributed by atoms with van der Waals surface area (Å²) in [4.78, 5) is 12.2. The van der Waals surface area contributed by atoms with Gasteiger partial charge < -0.3 is 20.1 Å². The molecule has 0 radical (unpaired) electrons. The Bertz CT molecular complexity index is 518. The van der Waals surface area contributed by atoms with Gasteiger partial charge in [-0.1, -0.05) is 13.0 Å². The van der Waals surface area contributed by atoms with E-state index in [2.05, 4.69) is 17.6 Å². The van der Waals surface area contributed by atoms with Crippen LogP contribution in [0.15, 0.2) is 18.2 Å². The van der Waals surface area contributed by atoms with Crippen molar-refractivity contribution < 1.29 is 14.3 Å². The van der Waals surface area contributed by atoms with Crippen LogP contribution in [0.5, 0.6) is 11.5 Å². The van der Waals surface area contributed by atoms with Crippen LogP contribution in [-0.4, -0.2) is 31.7 Å². The van der Waals surface area contributed by atoms with Gasteiger partial charge in [-0.3, -0.25) is 4.79 Å². The second kappa shape index (κ2) is 6.35. The first-order valence-electron chi connectivity index (χ1n) is 7.62. The number of ether oxygens (including phenoxy) is 2. The minimum Gasteiger partial charge on any atom is -0.486 e. The second-order valence-electron chi connectivity index (χ2n) is 5.83. The van der Waals surface area contributed by atoms with E-state index < -0.39 is 0 Å². The Hall–Kier alpha value is -1.75. The Morgan fingerprint density at radius 2 is 2.14 bits per heavy atom. The first kappa shape index (κ1) is 14.2. The lowest BCUT2D eigenvalue weighted by molar-refractivity contribution is -0.124. The van der Waals surface area contributed by atoms with Crippen LogP contribution in [0.1, 0.15) is 25.3 Å². The van der Waals surface area contributed by atoms with Crippen molar-refractivity contribution in [3.05, 3.63) is 23.8 Å². The zero-order valence-electron chi connectivity index (χ0n) is 12.4. The van der Waals surface area contributed by atoms with Crippen molar-refractivity contribution >= 4 is 5.91 Å². The molecule has 0 spiro atoms. The molecular formula is C16H22N2O3. The minimum absolute atomic E-state index is 0.0639. The Balaban J connectivity index is 1.56. The minimum atomic E-state index is -0.0639. The van der Waals surface area contributed by atoms with Crippen LogP contribution in [0, 0.1) is 5.92 Å². The summed E-state index contributed by atoms with van der Waals surface area (Å²) in [5.74, 6) is 2.23. The van der Waals surface area contributed by atoms with E-state index in [0.717, 1.165) is 36.4 Å². The molecule has 2 atom stereocenters. The van der Waals surface area contributed by atoms with Crippen molar-refractivity contribution in [2.75, 3.05) is 19.8 Å². The van der Waals surface area contributed by atoms with Crippen LogP contribution in [0.4, 0.5) is 0 Å². The van der Waals surface area contributed by atoms with Gasteiger partial charge in [-0.2, -0.15) is 0 Å². The molecule has 5 heteroatoms. The third kappa shape index (κ3) is 3.47. The lowest BCUT2D eigenvalue weighted by Gasteiger charge is -2.27. The predicted octanol–water partition coefficient (Wildman–Crippen LogP) is 1.46. The lowest BCUT2D eigenvalue weighted by Crippen LogP contribution is -2.48. The zero-order valence-corrected chi connectivity index (χ0v) is 12.4. The van der Waals surface area contributed by atoms with Gasteiger partial charge in [0.1, 0.15) is 13.2 Å². The average molecular weight is 290 g/mol. The summed E-state index contributed by atoms with van der Waals surface area (Å²) in [6, 6.07) is 5.74.